The van der Waals surface area contributed by atoms with Crippen LogP contribution in [0.2, 0.25) is 5.02 Å². The van der Waals surface area contributed by atoms with Crippen LogP contribution in [0.15, 0.2) is 66.4 Å². The van der Waals surface area contributed by atoms with Gasteiger partial charge in [0.2, 0.25) is 5.78 Å². The van der Waals surface area contributed by atoms with E-state index < -0.39 is 5.97 Å². The molecule has 3 aromatic rings. The minimum Gasteiger partial charge on any atom is -0.496 e. The molecule has 0 amide bonds. The number of benzene rings is 3. The molecule has 3 aromatic carbocycles. The topological polar surface area (TPSA) is 61.8 Å². The lowest BCUT2D eigenvalue weighted by atomic mass is 10.1. The molecule has 4 rings (SSSR count). The maximum atomic E-state index is 12.7. The summed E-state index contributed by atoms with van der Waals surface area (Å²) in [6, 6.07) is 17.0. The van der Waals surface area contributed by atoms with Gasteiger partial charge in [0.1, 0.15) is 22.8 Å². The highest BCUT2D eigenvalue weighted by atomic mass is 35.5. The Morgan fingerprint density at radius 2 is 1.73 bits per heavy atom. The second kappa shape index (κ2) is 8.05. The van der Waals surface area contributed by atoms with Crippen LogP contribution in [0.1, 0.15) is 31.8 Å². The van der Waals surface area contributed by atoms with Crippen molar-refractivity contribution >= 4 is 29.4 Å². The Bertz CT molecular complexity index is 1180. The number of rotatable bonds is 4. The molecule has 0 saturated carbocycles. The van der Waals surface area contributed by atoms with Gasteiger partial charge in [0.15, 0.2) is 5.76 Å². The summed E-state index contributed by atoms with van der Waals surface area (Å²) in [5.74, 6) is 0.516. The highest BCUT2D eigenvalue weighted by Gasteiger charge is 2.30. The first-order chi connectivity index (χ1) is 14.5. The average molecular weight is 421 g/mol. The maximum absolute atomic E-state index is 12.7. The van der Waals surface area contributed by atoms with Crippen LogP contribution in [0, 0.1) is 6.92 Å². The second-order valence-corrected chi connectivity index (χ2v) is 7.08. The third-order valence-electron chi connectivity index (χ3n) is 4.73. The van der Waals surface area contributed by atoms with Crippen molar-refractivity contribution in [3.63, 3.8) is 0 Å². The molecule has 30 heavy (non-hydrogen) atoms. The fourth-order valence-corrected chi connectivity index (χ4v) is 3.28. The molecular formula is C24H17ClO5. The van der Waals surface area contributed by atoms with Crippen molar-refractivity contribution in [2.45, 2.75) is 6.92 Å². The lowest BCUT2D eigenvalue weighted by Crippen LogP contribution is -2.11. The third-order valence-corrected chi connectivity index (χ3v) is 4.99. The Morgan fingerprint density at radius 1 is 1.00 bits per heavy atom. The molecule has 150 valence electrons. The summed E-state index contributed by atoms with van der Waals surface area (Å²) < 4.78 is 16.6. The minimum absolute atomic E-state index is 0.198. The van der Waals surface area contributed by atoms with Crippen LogP contribution < -0.4 is 14.2 Å². The molecule has 0 bridgehead atoms. The number of methoxy groups -OCH3 is 1. The number of para-hydroxylation sites is 1. The predicted octanol–water partition coefficient (Wildman–Crippen LogP) is 5.49. The summed E-state index contributed by atoms with van der Waals surface area (Å²) in [6.07, 6.45) is 1.65. The Kier molecular flexibility index (Phi) is 5.29. The second-order valence-electron chi connectivity index (χ2n) is 6.65. The van der Waals surface area contributed by atoms with Gasteiger partial charge in [-0.15, -0.1) is 0 Å². The Balaban J connectivity index is 1.62. The van der Waals surface area contributed by atoms with Crippen LogP contribution in [0.4, 0.5) is 0 Å². The molecule has 1 heterocycles. The molecule has 1 aliphatic rings. The van der Waals surface area contributed by atoms with Gasteiger partial charge < -0.3 is 14.2 Å². The molecule has 0 N–H and O–H groups in total. The monoisotopic (exact) mass is 420 g/mol. The van der Waals surface area contributed by atoms with Crippen LogP contribution in [0.25, 0.3) is 6.08 Å². The molecule has 1 aliphatic heterocycles. The number of hydrogen-bond acceptors (Lipinski definition) is 5. The van der Waals surface area contributed by atoms with E-state index in [1.807, 2.05) is 0 Å². The van der Waals surface area contributed by atoms with Crippen molar-refractivity contribution < 1.29 is 23.8 Å². The van der Waals surface area contributed by atoms with Gasteiger partial charge in [-0.05, 0) is 55.0 Å². The van der Waals surface area contributed by atoms with Gasteiger partial charge in [-0.3, -0.25) is 4.79 Å². The van der Waals surface area contributed by atoms with Crippen molar-refractivity contribution in [2.24, 2.45) is 0 Å². The molecule has 0 radical (unpaired) electrons. The number of ether oxygens (including phenoxy) is 3. The Labute approximate surface area is 178 Å². The number of fused-ring (bicyclic) bond motifs is 1. The molecule has 5 nitrogen and oxygen atoms in total. The lowest BCUT2D eigenvalue weighted by Gasteiger charge is -2.11. The maximum Gasteiger partial charge on any atom is 0.347 e. The highest BCUT2D eigenvalue weighted by molar-refractivity contribution is 6.30. The van der Waals surface area contributed by atoms with Gasteiger partial charge in [0.25, 0.3) is 0 Å². The van der Waals surface area contributed by atoms with E-state index in [2.05, 4.69) is 0 Å². The van der Waals surface area contributed by atoms with E-state index in [1.54, 1.807) is 73.7 Å². The van der Waals surface area contributed by atoms with E-state index in [-0.39, 0.29) is 11.5 Å². The smallest absolute Gasteiger partial charge is 0.347 e. The Morgan fingerprint density at radius 3 is 2.47 bits per heavy atom. The zero-order chi connectivity index (χ0) is 21.3. The van der Waals surface area contributed by atoms with Crippen LogP contribution in [-0.2, 0) is 0 Å². The SMILES string of the molecule is COc1ccccc1C(=O)Oc1ccc2c(c1C)O/C(=C\c1ccc(Cl)cc1)C2=O. The van der Waals surface area contributed by atoms with Gasteiger partial charge in [-0.25, -0.2) is 4.79 Å². The molecule has 0 atom stereocenters. The zero-order valence-corrected chi connectivity index (χ0v) is 17.0. The molecule has 0 fully saturated rings. The summed E-state index contributed by atoms with van der Waals surface area (Å²) in [5.41, 5.74) is 2.07. The van der Waals surface area contributed by atoms with Gasteiger partial charge >= 0.3 is 5.97 Å². The van der Waals surface area contributed by atoms with E-state index in [4.69, 9.17) is 25.8 Å². The third kappa shape index (κ3) is 3.67. The predicted molar refractivity (Wildman–Crippen MR) is 114 cm³/mol. The van der Waals surface area contributed by atoms with Gasteiger partial charge in [0, 0.05) is 10.6 Å². The van der Waals surface area contributed by atoms with Gasteiger partial charge in [0.05, 0.1) is 12.7 Å². The first-order valence-corrected chi connectivity index (χ1v) is 9.54. The van der Waals surface area contributed by atoms with E-state index >= 15 is 0 Å². The quantitative estimate of drug-likeness (QED) is 0.317. The molecule has 0 unspecified atom stereocenters. The number of allylic oxidation sites excluding steroid dienone is 1. The fraction of sp³-hybridized carbons (Fsp3) is 0.0833. The van der Waals surface area contributed by atoms with Crippen molar-refractivity contribution in [3.05, 3.63) is 93.7 Å². The number of esters is 1. The number of ketones is 1. The highest BCUT2D eigenvalue weighted by Crippen LogP contribution is 2.39. The normalized spacial score (nSPS) is 13.7. The number of carbonyl (C=O) groups excluding carboxylic acids is 2. The first-order valence-electron chi connectivity index (χ1n) is 9.16. The molecular weight excluding hydrogens is 404 g/mol. The largest absolute Gasteiger partial charge is 0.496 e. The van der Waals surface area contributed by atoms with Crippen molar-refractivity contribution in [1.82, 2.24) is 0 Å². The van der Waals surface area contributed by atoms with E-state index in [0.29, 0.717) is 39.0 Å². The summed E-state index contributed by atoms with van der Waals surface area (Å²) >= 11 is 5.90. The summed E-state index contributed by atoms with van der Waals surface area (Å²) in [6.45, 7) is 1.74. The fourth-order valence-electron chi connectivity index (χ4n) is 3.16. The van der Waals surface area contributed by atoms with Crippen molar-refractivity contribution in [1.29, 1.82) is 0 Å². The zero-order valence-electron chi connectivity index (χ0n) is 16.3. The standard InChI is InChI=1S/C24H17ClO5/c1-14-19(30-24(27)17-5-3-4-6-20(17)28-2)12-11-18-22(26)21(29-23(14)18)13-15-7-9-16(25)10-8-15/h3-13H,1-2H3/b21-13-. The molecule has 0 saturated heterocycles. The summed E-state index contributed by atoms with van der Waals surface area (Å²) in [5, 5.41) is 0.608. The first kappa shape index (κ1) is 19.7. The number of carbonyl (C=O) groups is 2. The average Bonchev–Trinajstić information content (AvgIpc) is 3.07. The lowest BCUT2D eigenvalue weighted by molar-refractivity contribution is 0.0729. The molecule has 0 aromatic heterocycles. The number of Topliss-reactive ketones (excluding diaryl/α,β-unsaturated/α-hetero) is 1. The van der Waals surface area contributed by atoms with Crippen molar-refractivity contribution in [3.8, 4) is 17.2 Å². The van der Waals surface area contributed by atoms with E-state index in [1.165, 1.54) is 7.11 Å². The van der Waals surface area contributed by atoms with Crippen LogP contribution >= 0.6 is 11.6 Å². The molecule has 0 aliphatic carbocycles. The van der Waals surface area contributed by atoms with Crippen LogP contribution in [0.3, 0.4) is 0 Å². The van der Waals surface area contributed by atoms with E-state index in [9.17, 15) is 9.59 Å². The summed E-state index contributed by atoms with van der Waals surface area (Å²) in [4.78, 5) is 25.3. The summed E-state index contributed by atoms with van der Waals surface area (Å²) in [7, 11) is 1.49. The minimum atomic E-state index is -0.559. The number of halogens is 1. The van der Waals surface area contributed by atoms with Crippen molar-refractivity contribution in [2.75, 3.05) is 7.11 Å². The number of hydrogen-bond donors (Lipinski definition) is 0. The van der Waals surface area contributed by atoms with Crippen LogP contribution in [-0.4, -0.2) is 18.9 Å². The van der Waals surface area contributed by atoms with E-state index in [0.717, 1.165) is 5.56 Å². The van der Waals surface area contributed by atoms with Gasteiger partial charge in [-0.2, -0.15) is 0 Å². The molecule has 0 spiro atoms. The van der Waals surface area contributed by atoms with Gasteiger partial charge in [-0.1, -0.05) is 35.9 Å². The molecule has 6 heteroatoms. The van der Waals surface area contributed by atoms with Crippen LogP contribution in [0.5, 0.6) is 17.2 Å². The Hall–Kier alpha value is -3.57.